The van der Waals surface area contributed by atoms with E-state index in [1.54, 1.807) is 6.20 Å². The molecular formula is C3H2NSY-. The summed E-state index contributed by atoms with van der Waals surface area (Å²) in [6.07, 6.45) is 1.71. The van der Waals surface area contributed by atoms with Gasteiger partial charge in [0.05, 0.1) is 0 Å². The van der Waals surface area contributed by atoms with Gasteiger partial charge in [-0.1, -0.05) is 0 Å². The fourth-order valence-electron chi connectivity index (χ4n) is 0.152. The van der Waals surface area contributed by atoms with Crippen LogP contribution in [0.1, 0.15) is 0 Å². The second-order valence-corrected chi connectivity index (χ2v) is 1.31. The molecule has 1 radical (unpaired) electrons. The quantitative estimate of drug-likeness (QED) is 0.532. The zero-order chi connectivity index (χ0) is 3.54. The van der Waals surface area contributed by atoms with E-state index in [-0.39, 0.29) is 32.7 Å². The summed E-state index contributed by atoms with van der Waals surface area (Å²) in [5.74, 6) is 0. The average molecular weight is 173 g/mol. The summed E-state index contributed by atoms with van der Waals surface area (Å²) in [6.45, 7) is 0. The van der Waals surface area contributed by atoms with Crippen molar-refractivity contribution in [1.82, 2.24) is 4.98 Å². The molecule has 0 amide bonds. The van der Waals surface area contributed by atoms with Crippen molar-refractivity contribution in [2.75, 3.05) is 0 Å². The molecule has 1 heterocycles. The van der Waals surface area contributed by atoms with E-state index in [1.165, 1.54) is 11.3 Å². The first-order valence-electron chi connectivity index (χ1n) is 1.25. The molecule has 0 fully saturated rings. The standard InChI is InChI=1S/C3H2NS.Y/c1-2-5-3-4-1;/h1-2H;/q-1;. The largest absolute Gasteiger partial charge is 0.394 e. The Morgan fingerprint density at radius 1 is 1.67 bits per heavy atom. The molecule has 0 atom stereocenters. The molecule has 0 aromatic carbocycles. The third kappa shape index (κ3) is 2.01. The molecule has 0 aliphatic carbocycles. The average Bonchev–Trinajstić information content (AvgIpc) is 1.76. The molecule has 0 aliphatic heterocycles. The van der Waals surface area contributed by atoms with Gasteiger partial charge in [-0.15, -0.1) is 11.6 Å². The van der Waals surface area contributed by atoms with E-state index in [9.17, 15) is 0 Å². The van der Waals surface area contributed by atoms with Gasteiger partial charge in [-0.05, 0) is 5.51 Å². The van der Waals surface area contributed by atoms with E-state index in [4.69, 9.17) is 0 Å². The van der Waals surface area contributed by atoms with E-state index >= 15 is 0 Å². The molecule has 0 unspecified atom stereocenters. The molecular weight excluding hydrogens is 171 g/mol. The second-order valence-electron chi connectivity index (χ2n) is 0.623. The summed E-state index contributed by atoms with van der Waals surface area (Å²) in [7, 11) is 0. The van der Waals surface area contributed by atoms with Crippen LogP contribution in [0.2, 0.25) is 0 Å². The summed E-state index contributed by atoms with van der Waals surface area (Å²) in [5, 5.41) is 1.88. The summed E-state index contributed by atoms with van der Waals surface area (Å²) >= 11 is 1.48. The van der Waals surface area contributed by atoms with E-state index < -0.39 is 0 Å². The van der Waals surface area contributed by atoms with Gasteiger partial charge in [0.25, 0.3) is 0 Å². The minimum absolute atomic E-state index is 0. The van der Waals surface area contributed by atoms with Crippen LogP contribution in [-0.2, 0) is 32.7 Å². The van der Waals surface area contributed by atoms with Crippen molar-refractivity contribution in [2.45, 2.75) is 0 Å². The molecule has 1 aromatic heterocycles. The van der Waals surface area contributed by atoms with Crippen molar-refractivity contribution in [3.05, 3.63) is 17.1 Å². The number of rotatable bonds is 0. The van der Waals surface area contributed by atoms with Gasteiger partial charge >= 0.3 is 0 Å². The predicted molar refractivity (Wildman–Crippen MR) is 20.9 cm³/mol. The maximum absolute atomic E-state index is 3.62. The molecule has 0 saturated carbocycles. The maximum atomic E-state index is 3.62. The molecule has 6 heavy (non-hydrogen) atoms. The van der Waals surface area contributed by atoms with Crippen molar-refractivity contribution in [2.24, 2.45) is 0 Å². The summed E-state index contributed by atoms with van der Waals surface area (Å²) < 4.78 is 0. The van der Waals surface area contributed by atoms with Gasteiger partial charge in [-0.3, -0.25) is 11.3 Å². The van der Waals surface area contributed by atoms with E-state index in [2.05, 4.69) is 10.5 Å². The van der Waals surface area contributed by atoms with Crippen molar-refractivity contribution < 1.29 is 32.7 Å². The fourth-order valence-corrected chi connectivity index (χ4v) is 0.456. The molecule has 1 nitrogen and oxygen atoms in total. The second kappa shape index (κ2) is 3.91. The molecule has 3 heteroatoms. The van der Waals surface area contributed by atoms with Crippen LogP contribution >= 0.6 is 11.3 Å². The Labute approximate surface area is 65.7 Å². The molecule has 0 aliphatic rings. The van der Waals surface area contributed by atoms with Gasteiger partial charge in [-0.25, -0.2) is 0 Å². The van der Waals surface area contributed by atoms with Gasteiger partial charge in [0.1, 0.15) is 0 Å². The first-order valence-corrected chi connectivity index (χ1v) is 2.13. The van der Waals surface area contributed by atoms with Gasteiger partial charge in [-0.2, -0.15) is 0 Å². The van der Waals surface area contributed by atoms with Crippen molar-refractivity contribution in [3.63, 3.8) is 0 Å². The Kier molecular flexibility index (Phi) is 4.39. The summed E-state index contributed by atoms with van der Waals surface area (Å²) in [5.41, 5.74) is 2.65. The van der Waals surface area contributed by atoms with E-state index in [1.807, 2.05) is 5.38 Å². The van der Waals surface area contributed by atoms with Crippen LogP contribution in [0.5, 0.6) is 0 Å². The topological polar surface area (TPSA) is 12.9 Å². The van der Waals surface area contributed by atoms with Gasteiger partial charge < -0.3 is 4.98 Å². The fraction of sp³-hybridized carbons (Fsp3) is 0. The van der Waals surface area contributed by atoms with E-state index in [0.29, 0.717) is 0 Å². The molecule has 0 N–H and O–H groups in total. The number of nitrogens with zero attached hydrogens (tertiary/aromatic N) is 1. The van der Waals surface area contributed by atoms with Crippen molar-refractivity contribution in [3.8, 4) is 0 Å². The molecule has 0 spiro atoms. The van der Waals surface area contributed by atoms with Crippen LogP contribution in [0.15, 0.2) is 11.6 Å². The molecule has 1 aromatic rings. The number of hydrogen-bond donors (Lipinski definition) is 0. The Morgan fingerprint density at radius 2 is 2.50 bits per heavy atom. The van der Waals surface area contributed by atoms with Crippen LogP contribution in [0.3, 0.4) is 0 Å². The maximum Gasteiger partial charge on any atom is 0 e. The number of aromatic nitrogens is 1. The van der Waals surface area contributed by atoms with Crippen LogP contribution < -0.4 is 0 Å². The van der Waals surface area contributed by atoms with Crippen LogP contribution in [0, 0.1) is 5.51 Å². The zero-order valence-electron chi connectivity index (χ0n) is 3.09. The Balaban J connectivity index is 0.000000250. The van der Waals surface area contributed by atoms with Crippen molar-refractivity contribution in [1.29, 1.82) is 0 Å². The number of thiazole rings is 1. The van der Waals surface area contributed by atoms with Crippen LogP contribution in [-0.4, -0.2) is 4.98 Å². The predicted octanol–water partition coefficient (Wildman–Crippen LogP) is 0.941. The van der Waals surface area contributed by atoms with Gasteiger partial charge in [0.15, 0.2) is 0 Å². The monoisotopic (exact) mass is 173 g/mol. The SMILES string of the molecule is [Y].[c-]1nccs1. The molecule has 29 valence electrons. The smallest absolute Gasteiger partial charge is 0 e. The number of hydrogen-bond acceptors (Lipinski definition) is 2. The summed E-state index contributed by atoms with van der Waals surface area (Å²) in [4.78, 5) is 3.62. The summed E-state index contributed by atoms with van der Waals surface area (Å²) in [6, 6.07) is 0. The Bertz CT molecular complexity index is 67.3. The zero-order valence-corrected chi connectivity index (χ0v) is 6.74. The minimum atomic E-state index is 0. The Hall–Kier alpha value is 0.734. The normalized spacial score (nSPS) is 6.67. The molecule has 1 rings (SSSR count). The third-order valence-electron chi connectivity index (χ3n) is 0.309. The van der Waals surface area contributed by atoms with Crippen molar-refractivity contribution >= 4 is 11.3 Å². The Morgan fingerprint density at radius 3 is 2.67 bits per heavy atom. The van der Waals surface area contributed by atoms with Crippen LogP contribution in [0.25, 0.3) is 0 Å². The van der Waals surface area contributed by atoms with Crippen LogP contribution in [0.4, 0.5) is 0 Å². The molecule has 0 saturated heterocycles. The first kappa shape index (κ1) is 6.73. The van der Waals surface area contributed by atoms with E-state index in [0.717, 1.165) is 0 Å². The van der Waals surface area contributed by atoms with Gasteiger partial charge in [0.2, 0.25) is 0 Å². The third-order valence-corrected chi connectivity index (χ3v) is 0.777. The molecule has 0 bridgehead atoms. The first-order chi connectivity index (χ1) is 2.50. The van der Waals surface area contributed by atoms with Gasteiger partial charge in [0, 0.05) is 32.7 Å². The minimum Gasteiger partial charge on any atom is -0.394 e.